The molecule has 3 amide bonds. The van der Waals surface area contributed by atoms with E-state index in [0.717, 1.165) is 36.1 Å². The fourth-order valence-corrected chi connectivity index (χ4v) is 4.52. The first kappa shape index (κ1) is 24.8. The number of benzene rings is 3. The van der Waals surface area contributed by atoms with Crippen LogP contribution in [0.2, 0.25) is 0 Å². The van der Waals surface area contributed by atoms with Crippen LogP contribution in [0, 0.1) is 0 Å². The number of halogens is 1. The van der Waals surface area contributed by atoms with E-state index in [-0.39, 0.29) is 11.9 Å². The van der Waals surface area contributed by atoms with E-state index in [2.05, 4.69) is 55.0 Å². The maximum Gasteiger partial charge on any atom is 0.323 e. The van der Waals surface area contributed by atoms with Crippen molar-refractivity contribution in [3.8, 4) is 0 Å². The second kappa shape index (κ2) is 11.9. The average molecular weight is 537 g/mol. The molecule has 4 rings (SSSR count). The average Bonchev–Trinajstić information content (AvgIpc) is 2.87. The van der Waals surface area contributed by atoms with E-state index in [4.69, 9.17) is 4.74 Å². The molecule has 35 heavy (non-hydrogen) atoms. The van der Waals surface area contributed by atoms with Crippen molar-refractivity contribution in [1.82, 2.24) is 5.32 Å². The van der Waals surface area contributed by atoms with Crippen LogP contribution in [0.5, 0.6) is 0 Å². The Morgan fingerprint density at radius 3 is 2.57 bits per heavy atom. The number of nitrogens with zero attached hydrogens (tertiary/aromatic N) is 1. The summed E-state index contributed by atoms with van der Waals surface area (Å²) in [5.41, 5.74) is 5.18. The standard InChI is InChI=1S/C27H29BrN4O3/c1-35-16-6-14-29-26(33)22-17-21(30-27(34)31-24-10-5-4-9-23(24)28)11-12-25(22)32-15-13-19-7-2-3-8-20(19)18-32/h2-5,7-12,17H,6,13-16,18H2,1H3,(H,29,33)(H2,30,31,34). The predicted molar refractivity (Wildman–Crippen MR) is 143 cm³/mol. The van der Waals surface area contributed by atoms with Gasteiger partial charge >= 0.3 is 6.03 Å². The molecule has 3 aromatic rings. The van der Waals surface area contributed by atoms with Gasteiger partial charge in [0.25, 0.3) is 5.91 Å². The molecule has 0 aliphatic carbocycles. The topological polar surface area (TPSA) is 82.7 Å². The Bertz CT molecular complexity index is 1200. The summed E-state index contributed by atoms with van der Waals surface area (Å²) in [5, 5.41) is 8.65. The van der Waals surface area contributed by atoms with E-state index >= 15 is 0 Å². The van der Waals surface area contributed by atoms with Gasteiger partial charge in [0.15, 0.2) is 0 Å². The van der Waals surface area contributed by atoms with Crippen LogP contribution < -0.4 is 20.9 Å². The Morgan fingerprint density at radius 2 is 1.77 bits per heavy atom. The van der Waals surface area contributed by atoms with Crippen LogP contribution in [0.15, 0.2) is 71.2 Å². The number of para-hydroxylation sites is 1. The van der Waals surface area contributed by atoms with Crippen molar-refractivity contribution in [1.29, 1.82) is 0 Å². The highest BCUT2D eigenvalue weighted by molar-refractivity contribution is 9.10. The molecule has 8 heteroatoms. The van der Waals surface area contributed by atoms with Crippen molar-refractivity contribution in [2.24, 2.45) is 0 Å². The number of carbonyl (C=O) groups is 2. The molecule has 0 fully saturated rings. The van der Waals surface area contributed by atoms with Crippen LogP contribution in [-0.2, 0) is 17.7 Å². The van der Waals surface area contributed by atoms with E-state index in [1.807, 2.05) is 36.4 Å². The first-order valence-corrected chi connectivity index (χ1v) is 12.4. The number of fused-ring (bicyclic) bond motifs is 1. The van der Waals surface area contributed by atoms with E-state index in [9.17, 15) is 9.59 Å². The number of ether oxygens (including phenoxy) is 1. The van der Waals surface area contributed by atoms with Gasteiger partial charge < -0.3 is 25.6 Å². The van der Waals surface area contributed by atoms with E-state index in [0.29, 0.717) is 30.1 Å². The summed E-state index contributed by atoms with van der Waals surface area (Å²) < 4.78 is 5.87. The number of hydrogen-bond donors (Lipinski definition) is 3. The summed E-state index contributed by atoms with van der Waals surface area (Å²) in [6, 6.07) is 20.9. The number of hydrogen-bond acceptors (Lipinski definition) is 4. The summed E-state index contributed by atoms with van der Waals surface area (Å²) >= 11 is 3.43. The van der Waals surface area contributed by atoms with Crippen molar-refractivity contribution in [3.05, 3.63) is 87.9 Å². The molecule has 0 saturated heterocycles. The minimum Gasteiger partial charge on any atom is -0.385 e. The van der Waals surface area contributed by atoms with Crippen LogP contribution in [0.4, 0.5) is 21.9 Å². The molecular weight excluding hydrogens is 508 g/mol. The predicted octanol–water partition coefficient (Wildman–Crippen LogP) is 5.42. The Balaban J connectivity index is 1.54. The van der Waals surface area contributed by atoms with Gasteiger partial charge in [0.05, 0.1) is 11.3 Å². The third-order valence-electron chi connectivity index (χ3n) is 5.90. The molecule has 1 aliphatic heterocycles. The summed E-state index contributed by atoms with van der Waals surface area (Å²) in [7, 11) is 1.64. The van der Waals surface area contributed by atoms with Crippen molar-refractivity contribution in [2.45, 2.75) is 19.4 Å². The van der Waals surface area contributed by atoms with Gasteiger partial charge in [0.1, 0.15) is 0 Å². The fourth-order valence-electron chi connectivity index (χ4n) is 4.13. The first-order valence-electron chi connectivity index (χ1n) is 11.6. The number of urea groups is 1. The largest absolute Gasteiger partial charge is 0.385 e. The zero-order chi connectivity index (χ0) is 24.6. The molecule has 182 valence electrons. The minimum atomic E-state index is -0.386. The molecular formula is C27H29BrN4O3. The molecule has 0 atom stereocenters. The van der Waals surface area contributed by atoms with Gasteiger partial charge in [0, 0.05) is 49.2 Å². The lowest BCUT2D eigenvalue weighted by Crippen LogP contribution is -2.33. The quantitative estimate of drug-likeness (QED) is 0.335. The Hall–Kier alpha value is -3.36. The first-order chi connectivity index (χ1) is 17.0. The smallest absolute Gasteiger partial charge is 0.323 e. The number of anilines is 3. The number of amides is 3. The van der Waals surface area contributed by atoms with Crippen molar-refractivity contribution < 1.29 is 14.3 Å². The lowest BCUT2D eigenvalue weighted by atomic mass is 9.98. The summed E-state index contributed by atoms with van der Waals surface area (Å²) in [6.07, 6.45) is 1.64. The van der Waals surface area contributed by atoms with Gasteiger partial charge in [-0.25, -0.2) is 4.79 Å². The van der Waals surface area contributed by atoms with Crippen molar-refractivity contribution in [3.63, 3.8) is 0 Å². The van der Waals surface area contributed by atoms with Crippen molar-refractivity contribution >= 4 is 44.9 Å². The second-order valence-corrected chi connectivity index (χ2v) is 9.19. The summed E-state index contributed by atoms with van der Waals surface area (Å²) in [4.78, 5) is 28.0. The monoisotopic (exact) mass is 536 g/mol. The van der Waals surface area contributed by atoms with Gasteiger partial charge in [-0.2, -0.15) is 0 Å². The van der Waals surface area contributed by atoms with Crippen LogP contribution in [0.1, 0.15) is 27.9 Å². The molecule has 0 saturated carbocycles. The fraction of sp³-hybridized carbons (Fsp3) is 0.259. The molecule has 1 heterocycles. The van der Waals surface area contributed by atoms with Crippen LogP contribution in [-0.4, -0.2) is 38.7 Å². The van der Waals surface area contributed by atoms with Gasteiger partial charge in [-0.1, -0.05) is 36.4 Å². The van der Waals surface area contributed by atoms with Gasteiger partial charge in [0.2, 0.25) is 0 Å². The zero-order valence-electron chi connectivity index (χ0n) is 19.6. The Morgan fingerprint density at radius 1 is 1.00 bits per heavy atom. The number of methoxy groups -OCH3 is 1. The molecule has 7 nitrogen and oxygen atoms in total. The number of nitrogens with one attached hydrogen (secondary N) is 3. The van der Waals surface area contributed by atoms with E-state index < -0.39 is 0 Å². The highest BCUT2D eigenvalue weighted by atomic mass is 79.9. The number of carbonyl (C=O) groups excluding carboxylic acids is 2. The van der Waals surface area contributed by atoms with Gasteiger partial charge in [-0.05, 0) is 70.2 Å². The highest BCUT2D eigenvalue weighted by Crippen LogP contribution is 2.30. The maximum absolute atomic E-state index is 13.2. The molecule has 0 spiro atoms. The lowest BCUT2D eigenvalue weighted by Gasteiger charge is -2.32. The second-order valence-electron chi connectivity index (χ2n) is 8.33. The van der Waals surface area contributed by atoms with E-state index in [1.165, 1.54) is 11.1 Å². The SMILES string of the molecule is COCCCNC(=O)c1cc(NC(=O)Nc2ccccc2Br)ccc1N1CCc2ccccc2C1. The minimum absolute atomic E-state index is 0.176. The third-order valence-corrected chi connectivity index (χ3v) is 6.59. The molecule has 0 aromatic heterocycles. The lowest BCUT2D eigenvalue weighted by molar-refractivity contribution is 0.0949. The van der Waals surface area contributed by atoms with E-state index in [1.54, 1.807) is 19.2 Å². The summed E-state index contributed by atoms with van der Waals surface area (Å²) in [6.45, 7) is 2.63. The van der Waals surface area contributed by atoms with Gasteiger partial charge in [-0.3, -0.25) is 4.79 Å². The van der Waals surface area contributed by atoms with Crippen LogP contribution in [0.3, 0.4) is 0 Å². The molecule has 1 aliphatic rings. The molecule has 3 aromatic carbocycles. The molecule has 0 radical (unpaired) electrons. The number of rotatable bonds is 8. The molecule has 0 unspecified atom stereocenters. The Kier molecular flexibility index (Phi) is 8.39. The zero-order valence-corrected chi connectivity index (χ0v) is 21.2. The third kappa shape index (κ3) is 6.41. The Labute approximate surface area is 214 Å². The van der Waals surface area contributed by atoms with Crippen LogP contribution in [0.25, 0.3) is 0 Å². The summed E-state index contributed by atoms with van der Waals surface area (Å²) in [5.74, 6) is -0.176. The van der Waals surface area contributed by atoms with Crippen molar-refractivity contribution in [2.75, 3.05) is 42.3 Å². The molecule has 0 bridgehead atoms. The van der Waals surface area contributed by atoms with Gasteiger partial charge in [-0.15, -0.1) is 0 Å². The maximum atomic E-state index is 13.2. The normalized spacial score (nSPS) is 12.6. The van der Waals surface area contributed by atoms with Crippen LogP contribution >= 0.6 is 15.9 Å². The molecule has 3 N–H and O–H groups in total. The highest BCUT2D eigenvalue weighted by Gasteiger charge is 2.22.